The van der Waals surface area contributed by atoms with Crippen molar-refractivity contribution in [2.45, 2.75) is 0 Å². The molecule has 1 aromatic carbocycles. The summed E-state index contributed by atoms with van der Waals surface area (Å²) in [7, 11) is 0. The number of Topliss-reactive ketones (excluding diaryl/α,β-unsaturated/α-hetero) is 1. The van der Waals surface area contributed by atoms with Gasteiger partial charge in [0.2, 0.25) is 5.78 Å². The predicted molar refractivity (Wildman–Crippen MR) is 68.2 cm³/mol. The first-order chi connectivity index (χ1) is 8.58. The lowest BCUT2D eigenvalue weighted by atomic mass is 10.3. The van der Waals surface area contributed by atoms with Crippen molar-refractivity contribution in [3.63, 3.8) is 0 Å². The van der Waals surface area contributed by atoms with Gasteiger partial charge in [-0.3, -0.25) is 4.79 Å². The SMILES string of the molecule is O=C(COc1c(F)cccc1F)c1ccc(Br)s1. The Labute approximate surface area is 114 Å². The molecule has 0 bridgehead atoms. The van der Waals surface area contributed by atoms with E-state index in [0.29, 0.717) is 4.88 Å². The highest BCUT2D eigenvalue weighted by Crippen LogP contribution is 2.24. The topological polar surface area (TPSA) is 26.3 Å². The van der Waals surface area contributed by atoms with Crippen LogP contribution in [0.4, 0.5) is 8.78 Å². The van der Waals surface area contributed by atoms with E-state index in [2.05, 4.69) is 15.9 Å². The maximum Gasteiger partial charge on any atom is 0.210 e. The number of benzene rings is 1. The van der Waals surface area contributed by atoms with Crippen molar-refractivity contribution < 1.29 is 18.3 Å². The van der Waals surface area contributed by atoms with E-state index in [0.717, 1.165) is 15.9 Å². The van der Waals surface area contributed by atoms with Crippen LogP contribution in [0.5, 0.6) is 5.75 Å². The number of hydrogen-bond donors (Lipinski definition) is 0. The molecule has 0 saturated heterocycles. The van der Waals surface area contributed by atoms with Gasteiger partial charge in [0.15, 0.2) is 24.0 Å². The van der Waals surface area contributed by atoms with Crippen LogP contribution in [0.2, 0.25) is 0 Å². The second-order valence-electron chi connectivity index (χ2n) is 3.37. The summed E-state index contributed by atoms with van der Waals surface area (Å²) in [4.78, 5) is 12.1. The molecule has 1 heterocycles. The Kier molecular flexibility index (Phi) is 4.08. The van der Waals surface area contributed by atoms with Crippen molar-refractivity contribution in [3.05, 3.63) is 50.6 Å². The molecule has 1 aromatic heterocycles. The first kappa shape index (κ1) is 13.2. The number of ether oxygens (including phenoxy) is 1. The lowest BCUT2D eigenvalue weighted by Crippen LogP contribution is -2.11. The van der Waals surface area contributed by atoms with Gasteiger partial charge < -0.3 is 4.74 Å². The summed E-state index contributed by atoms with van der Waals surface area (Å²) < 4.78 is 32.1. The molecule has 2 rings (SSSR count). The van der Waals surface area contributed by atoms with Gasteiger partial charge in [0.05, 0.1) is 8.66 Å². The summed E-state index contributed by atoms with van der Waals surface area (Å²) in [5.41, 5.74) is 0. The van der Waals surface area contributed by atoms with Gasteiger partial charge in [-0.25, -0.2) is 8.78 Å². The third kappa shape index (κ3) is 2.94. The summed E-state index contributed by atoms with van der Waals surface area (Å²) in [5.74, 6) is -2.50. The molecule has 0 aliphatic heterocycles. The van der Waals surface area contributed by atoms with Crippen molar-refractivity contribution >= 4 is 33.0 Å². The average molecular weight is 333 g/mol. The van der Waals surface area contributed by atoms with E-state index in [1.807, 2.05) is 0 Å². The van der Waals surface area contributed by atoms with Gasteiger partial charge in [0.25, 0.3) is 0 Å². The number of halogens is 3. The van der Waals surface area contributed by atoms with Gasteiger partial charge in [0, 0.05) is 0 Å². The van der Waals surface area contributed by atoms with Gasteiger partial charge in [-0.15, -0.1) is 11.3 Å². The van der Waals surface area contributed by atoms with Crippen molar-refractivity contribution in [1.29, 1.82) is 0 Å². The molecule has 0 amide bonds. The minimum Gasteiger partial charge on any atom is -0.479 e. The Morgan fingerprint density at radius 1 is 1.22 bits per heavy atom. The molecule has 0 saturated carbocycles. The summed E-state index contributed by atoms with van der Waals surface area (Å²) in [5, 5.41) is 0. The molecule has 0 aliphatic rings. The molecule has 0 spiro atoms. The third-order valence-electron chi connectivity index (χ3n) is 2.11. The molecule has 2 aromatic rings. The van der Waals surface area contributed by atoms with E-state index < -0.39 is 24.0 Å². The first-order valence-electron chi connectivity index (χ1n) is 4.93. The van der Waals surface area contributed by atoms with Crippen molar-refractivity contribution in [2.75, 3.05) is 6.61 Å². The zero-order chi connectivity index (χ0) is 13.1. The number of ketones is 1. The molecule has 2 nitrogen and oxygen atoms in total. The van der Waals surface area contributed by atoms with E-state index in [1.54, 1.807) is 12.1 Å². The first-order valence-corrected chi connectivity index (χ1v) is 6.54. The quantitative estimate of drug-likeness (QED) is 0.789. The number of para-hydroxylation sites is 1. The lowest BCUT2D eigenvalue weighted by molar-refractivity contribution is 0.0919. The van der Waals surface area contributed by atoms with Gasteiger partial charge in [-0.05, 0) is 40.2 Å². The molecule has 0 atom stereocenters. The fourth-order valence-electron chi connectivity index (χ4n) is 1.29. The Bertz CT molecular complexity index is 563. The molecular formula is C12H7BrF2O2S. The van der Waals surface area contributed by atoms with Crippen LogP contribution in [-0.4, -0.2) is 12.4 Å². The summed E-state index contributed by atoms with van der Waals surface area (Å²) in [6.45, 7) is -0.398. The standard InChI is InChI=1S/C12H7BrF2O2S/c13-11-5-4-10(18-11)9(16)6-17-12-7(14)2-1-3-8(12)15/h1-5H,6H2. The number of carbonyl (C=O) groups excluding carboxylic acids is 1. The smallest absolute Gasteiger partial charge is 0.210 e. The summed E-state index contributed by atoms with van der Waals surface area (Å²) >= 11 is 4.46. The highest BCUT2D eigenvalue weighted by molar-refractivity contribution is 9.11. The van der Waals surface area contributed by atoms with Crippen LogP contribution in [0.15, 0.2) is 34.1 Å². The second kappa shape index (κ2) is 5.58. The highest BCUT2D eigenvalue weighted by Gasteiger charge is 2.14. The zero-order valence-corrected chi connectivity index (χ0v) is 11.4. The Morgan fingerprint density at radius 2 is 1.89 bits per heavy atom. The zero-order valence-electron chi connectivity index (χ0n) is 8.95. The minimum absolute atomic E-state index is 0.326. The Morgan fingerprint density at radius 3 is 2.44 bits per heavy atom. The van der Waals surface area contributed by atoms with Crippen molar-refractivity contribution in [3.8, 4) is 5.75 Å². The number of thiophene rings is 1. The molecule has 6 heteroatoms. The summed E-state index contributed by atoms with van der Waals surface area (Å²) in [6, 6.07) is 6.73. The Hall–Kier alpha value is -1.27. The van der Waals surface area contributed by atoms with Crippen LogP contribution >= 0.6 is 27.3 Å². The largest absolute Gasteiger partial charge is 0.479 e. The molecule has 18 heavy (non-hydrogen) atoms. The molecule has 0 fully saturated rings. The molecule has 0 unspecified atom stereocenters. The third-order valence-corrected chi connectivity index (χ3v) is 3.78. The molecule has 0 aliphatic carbocycles. The molecule has 0 N–H and O–H groups in total. The fraction of sp³-hybridized carbons (Fsp3) is 0.0833. The minimum atomic E-state index is -0.824. The highest BCUT2D eigenvalue weighted by atomic mass is 79.9. The molecular weight excluding hydrogens is 326 g/mol. The van der Waals surface area contributed by atoms with Crippen LogP contribution in [0.1, 0.15) is 9.67 Å². The molecule has 94 valence electrons. The number of carbonyl (C=O) groups is 1. The van der Waals surface area contributed by atoms with Crippen LogP contribution in [-0.2, 0) is 0 Å². The second-order valence-corrected chi connectivity index (χ2v) is 5.83. The van der Waals surface area contributed by atoms with E-state index >= 15 is 0 Å². The maximum absolute atomic E-state index is 13.2. The number of rotatable bonds is 4. The van der Waals surface area contributed by atoms with Crippen LogP contribution in [0.3, 0.4) is 0 Å². The lowest BCUT2D eigenvalue weighted by Gasteiger charge is -2.06. The van der Waals surface area contributed by atoms with Crippen molar-refractivity contribution in [2.24, 2.45) is 0 Å². The van der Waals surface area contributed by atoms with Gasteiger partial charge in [-0.1, -0.05) is 6.07 Å². The van der Waals surface area contributed by atoms with E-state index in [4.69, 9.17) is 4.74 Å². The fourth-order valence-corrected chi connectivity index (χ4v) is 2.60. The van der Waals surface area contributed by atoms with Crippen LogP contribution in [0.25, 0.3) is 0 Å². The Balaban J connectivity index is 2.06. The average Bonchev–Trinajstić information content (AvgIpc) is 2.75. The summed E-state index contributed by atoms with van der Waals surface area (Å²) in [6.07, 6.45) is 0. The predicted octanol–water partition coefficient (Wildman–Crippen LogP) is 4.05. The van der Waals surface area contributed by atoms with Gasteiger partial charge in [-0.2, -0.15) is 0 Å². The monoisotopic (exact) mass is 332 g/mol. The van der Waals surface area contributed by atoms with E-state index in [-0.39, 0.29) is 5.78 Å². The van der Waals surface area contributed by atoms with Gasteiger partial charge in [0.1, 0.15) is 0 Å². The van der Waals surface area contributed by atoms with Gasteiger partial charge >= 0.3 is 0 Å². The van der Waals surface area contributed by atoms with Crippen molar-refractivity contribution in [1.82, 2.24) is 0 Å². The van der Waals surface area contributed by atoms with Crippen LogP contribution < -0.4 is 4.74 Å². The van der Waals surface area contributed by atoms with E-state index in [9.17, 15) is 13.6 Å². The molecule has 0 radical (unpaired) electrons. The van der Waals surface area contributed by atoms with Crippen LogP contribution in [0, 0.1) is 11.6 Å². The van der Waals surface area contributed by atoms with E-state index in [1.165, 1.54) is 17.4 Å². The maximum atomic E-state index is 13.2. The number of hydrogen-bond acceptors (Lipinski definition) is 3. The normalized spacial score (nSPS) is 10.4.